The molecule has 1 aliphatic carbocycles. The third-order valence-electron chi connectivity index (χ3n) is 4.10. The van der Waals surface area contributed by atoms with Crippen molar-refractivity contribution in [2.45, 2.75) is 71.5 Å². The Bertz CT molecular complexity index is 281. The van der Waals surface area contributed by atoms with E-state index in [2.05, 4.69) is 0 Å². The fraction of sp³-hybridized carbons (Fsp3) is 0.933. The molecule has 1 aliphatic rings. The van der Waals surface area contributed by atoms with Crippen LogP contribution in [-0.2, 0) is 4.74 Å². The lowest BCUT2D eigenvalue weighted by molar-refractivity contribution is -0.122. The van der Waals surface area contributed by atoms with Gasteiger partial charge in [-0.05, 0) is 32.6 Å². The first-order valence-corrected chi connectivity index (χ1v) is 7.62. The smallest absolute Gasteiger partial charge is 0.410 e. The number of hydrogen-bond donors (Lipinski definition) is 1. The molecule has 4 heteroatoms. The third-order valence-corrected chi connectivity index (χ3v) is 4.10. The molecule has 4 nitrogen and oxygen atoms in total. The molecule has 1 amide bonds. The SMILES string of the molecule is CCN(CC)C(=O)OC(C(C)C)C1(O)CCCCC1. The summed E-state index contributed by atoms with van der Waals surface area (Å²) in [5.74, 6) is 0.127. The molecule has 19 heavy (non-hydrogen) atoms. The van der Waals surface area contributed by atoms with Crippen LogP contribution in [0.25, 0.3) is 0 Å². The van der Waals surface area contributed by atoms with Crippen LogP contribution in [0.1, 0.15) is 59.8 Å². The van der Waals surface area contributed by atoms with Gasteiger partial charge in [-0.2, -0.15) is 0 Å². The molecule has 0 aromatic carbocycles. The Balaban J connectivity index is 2.75. The fourth-order valence-corrected chi connectivity index (χ4v) is 2.98. The number of ether oxygens (including phenoxy) is 1. The van der Waals surface area contributed by atoms with E-state index in [1.807, 2.05) is 27.7 Å². The highest BCUT2D eigenvalue weighted by Crippen LogP contribution is 2.35. The molecule has 0 spiro atoms. The summed E-state index contributed by atoms with van der Waals surface area (Å²) < 4.78 is 5.64. The first kappa shape index (κ1) is 16.3. The van der Waals surface area contributed by atoms with E-state index in [0.717, 1.165) is 32.1 Å². The Labute approximate surface area is 117 Å². The molecule has 1 unspecified atom stereocenters. The van der Waals surface area contributed by atoms with Crippen LogP contribution in [-0.4, -0.2) is 40.9 Å². The van der Waals surface area contributed by atoms with Crippen LogP contribution >= 0.6 is 0 Å². The van der Waals surface area contributed by atoms with Gasteiger partial charge in [0.05, 0.1) is 0 Å². The lowest BCUT2D eigenvalue weighted by atomic mass is 9.77. The highest BCUT2D eigenvalue weighted by Gasteiger charge is 2.42. The molecule has 0 aromatic heterocycles. The number of nitrogens with zero attached hydrogens (tertiary/aromatic N) is 1. The minimum Gasteiger partial charge on any atom is -0.443 e. The molecule has 1 N–H and O–H groups in total. The number of hydrogen-bond acceptors (Lipinski definition) is 3. The van der Waals surface area contributed by atoms with Gasteiger partial charge in [-0.1, -0.05) is 33.1 Å². The van der Waals surface area contributed by atoms with Crippen molar-refractivity contribution >= 4 is 6.09 Å². The van der Waals surface area contributed by atoms with Crippen molar-refractivity contribution in [3.8, 4) is 0 Å². The van der Waals surface area contributed by atoms with E-state index in [9.17, 15) is 9.90 Å². The predicted octanol–water partition coefficient (Wildman–Crippen LogP) is 3.18. The monoisotopic (exact) mass is 271 g/mol. The largest absolute Gasteiger partial charge is 0.443 e. The quantitative estimate of drug-likeness (QED) is 0.835. The first-order chi connectivity index (χ1) is 8.94. The van der Waals surface area contributed by atoms with Crippen LogP contribution in [0, 0.1) is 5.92 Å². The van der Waals surface area contributed by atoms with Gasteiger partial charge < -0.3 is 14.7 Å². The van der Waals surface area contributed by atoms with Crippen molar-refractivity contribution in [1.29, 1.82) is 0 Å². The Morgan fingerprint density at radius 1 is 1.21 bits per heavy atom. The normalized spacial score (nSPS) is 20.1. The van der Waals surface area contributed by atoms with Crippen LogP contribution in [0.3, 0.4) is 0 Å². The van der Waals surface area contributed by atoms with Gasteiger partial charge >= 0.3 is 6.09 Å². The molecule has 0 aliphatic heterocycles. The van der Waals surface area contributed by atoms with Crippen LogP contribution in [0.4, 0.5) is 4.79 Å². The minimum atomic E-state index is -0.838. The van der Waals surface area contributed by atoms with Crippen molar-refractivity contribution in [2.24, 2.45) is 5.92 Å². The Hall–Kier alpha value is -0.770. The summed E-state index contributed by atoms with van der Waals surface area (Å²) in [5.41, 5.74) is -0.838. The molecule has 0 bridgehead atoms. The molecule has 0 aromatic rings. The van der Waals surface area contributed by atoms with E-state index in [0.29, 0.717) is 13.1 Å². The molecular weight excluding hydrogens is 242 g/mol. The number of amides is 1. The molecule has 1 rings (SSSR count). The van der Waals surface area contributed by atoms with Crippen LogP contribution in [0.15, 0.2) is 0 Å². The molecule has 1 saturated carbocycles. The first-order valence-electron chi connectivity index (χ1n) is 7.62. The molecule has 0 saturated heterocycles. The summed E-state index contributed by atoms with van der Waals surface area (Å²) in [4.78, 5) is 13.8. The summed E-state index contributed by atoms with van der Waals surface area (Å²) in [5, 5.41) is 10.8. The zero-order valence-electron chi connectivity index (χ0n) is 12.8. The van der Waals surface area contributed by atoms with E-state index < -0.39 is 11.7 Å². The Kier molecular flexibility index (Phi) is 6.11. The average molecular weight is 271 g/mol. The lowest BCUT2D eigenvalue weighted by Gasteiger charge is -2.41. The van der Waals surface area contributed by atoms with Crippen molar-refractivity contribution in [1.82, 2.24) is 4.90 Å². The standard InChI is InChI=1S/C15H29NO3/c1-5-16(6-2)14(17)19-13(12(3)4)15(18)10-8-7-9-11-15/h12-13,18H,5-11H2,1-4H3. The van der Waals surface area contributed by atoms with Gasteiger partial charge in [-0.15, -0.1) is 0 Å². The zero-order valence-corrected chi connectivity index (χ0v) is 12.8. The van der Waals surface area contributed by atoms with Crippen LogP contribution < -0.4 is 0 Å². The van der Waals surface area contributed by atoms with E-state index in [-0.39, 0.29) is 12.0 Å². The molecular formula is C15H29NO3. The molecule has 1 atom stereocenters. The molecule has 0 radical (unpaired) electrons. The van der Waals surface area contributed by atoms with Gasteiger partial charge in [0, 0.05) is 13.1 Å². The van der Waals surface area contributed by atoms with E-state index in [1.54, 1.807) is 4.90 Å². The van der Waals surface area contributed by atoms with Gasteiger partial charge in [0.2, 0.25) is 0 Å². The van der Waals surface area contributed by atoms with E-state index in [1.165, 1.54) is 0 Å². The number of aliphatic hydroxyl groups is 1. The highest BCUT2D eigenvalue weighted by atomic mass is 16.6. The second-order valence-corrected chi connectivity index (χ2v) is 5.88. The molecule has 112 valence electrons. The van der Waals surface area contributed by atoms with Crippen molar-refractivity contribution in [3.05, 3.63) is 0 Å². The molecule has 1 fully saturated rings. The second kappa shape index (κ2) is 7.13. The number of carbonyl (C=O) groups is 1. The Morgan fingerprint density at radius 3 is 2.16 bits per heavy atom. The Morgan fingerprint density at radius 2 is 1.74 bits per heavy atom. The fourth-order valence-electron chi connectivity index (χ4n) is 2.98. The number of carbonyl (C=O) groups excluding carboxylic acids is 1. The summed E-state index contributed by atoms with van der Waals surface area (Å²) in [7, 11) is 0. The average Bonchev–Trinajstić information content (AvgIpc) is 2.37. The highest BCUT2D eigenvalue weighted by molar-refractivity contribution is 5.67. The topological polar surface area (TPSA) is 49.8 Å². The maximum absolute atomic E-state index is 12.1. The maximum atomic E-state index is 12.1. The maximum Gasteiger partial charge on any atom is 0.410 e. The number of rotatable bonds is 5. The van der Waals surface area contributed by atoms with Crippen molar-refractivity contribution in [3.63, 3.8) is 0 Å². The summed E-state index contributed by atoms with van der Waals surface area (Å²) in [6, 6.07) is 0. The van der Waals surface area contributed by atoms with Gasteiger partial charge in [-0.25, -0.2) is 4.79 Å². The lowest BCUT2D eigenvalue weighted by Crippen LogP contribution is -2.50. The minimum absolute atomic E-state index is 0.127. The van der Waals surface area contributed by atoms with Gasteiger partial charge in [0.1, 0.15) is 11.7 Å². The zero-order chi connectivity index (χ0) is 14.5. The van der Waals surface area contributed by atoms with Gasteiger partial charge in [0.25, 0.3) is 0 Å². The summed E-state index contributed by atoms with van der Waals surface area (Å²) in [6.07, 6.45) is 3.97. The van der Waals surface area contributed by atoms with E-state index >= 15 is 0 Å². The molecule has 0 heterocycles. The van der Waals surface area contributed by atoms with Gasteiger partial charge in [-0.3, -0.25) is 0 Å². The summed E-state index contributed by atoms with van der Waals surface area (Å²) >= 11 is 0. The van der Waals surface area contributed by atoms with Crippen LogP contribution in [0.2, 0.25) is 0 Å². The van der Waals surface area contributed by atoms with Gasteiger partial charge in [0.15, 0.2) is 0 Å². The summed E-state index contributed by atoms with van der Waals surface area (Å²) in [6.45, 7) is 9.16. The van der Waals surface area contributed by atoms with E-state index in [4.69, 9.17) is 4.74 Å². The van der Waals surface area contributed by atoms with Crippen molar-refractivity contribution in [2.75, 3.05) is 13.1 Å². The third kappa shape index (κ3) is 4.10. The van der Waals surface area contributed by atoms with Crippen molar-refractivity contribution < 1.29 is 14.6 Å². The second-order valence-electron chi connectivity index (χ2n) is 5.88. The predicted molar refractivity (Wildman–Crippen MR) is 76.1 cm³/mol. The van der Waals surface area contributed by atoms with Crippen LogP contribution in [0.5, 0.6) is 0 Å².